The van der Waals surface area contributed by atoms with Gasteiger partial charge in [-0.15, -0.1) is 0 Å². The standard InChI is InChI=1S/C6H9NO6.Fe.H2O4S/c8-4(9)1-7(2-5(10)11)3-6(12)13;;1-5(2,3)4/h1-3H2,(H,8,9)(H,10,11)(H,12,13);;(H2,1,2,3,4)/q;+2;/p-2. The second kappa shape index (κ2) is 10.7. The SMILES string of the molecule is O=C(O)CN(CC(=O)O)CC(=O)O.O=S(=O)([O-])[O-].[Fe+2]. The Morgan fingerprint density at radius 2 is 1.00 bits per heavy atom. The fourth-order valence-corrected chi connectivity index (χ4v) is 0.742. The molecule has 0 aromatic carbocycles. The summed E-state index contributed by atoms with van der Waals surface area (Å²) in [6.45, 7) is -1.80. The molecule has 0 atom stereocenters. The zero-order valence-electron chi connectivity index (χ0n) is 9.03. The molecule has 0 aromatic heterocycles. The van der Waals surface area contributed by atoms with Crippen molar-refractivity contribution in [2.24, 2.45) is 0 Å². The van der Waals surface area contributed by atoms with E-state index >= 15 is 0 Å². The molecular weight excluding hydrogens is 334 g/mol. The molecule has 0 spiro atoms. The molecule has 0 fully saturated rings. The molecule has 0 aliphatic rings. The van der Waals surface area contributed by atoms with E-state index < -0.39 is 47.9 Å². The van der Waals surface area contributed by atoms with Gasteiger partial charge in [-0.05, 0) is 0 Å². The van der Waals surface area contributed by atoms with Gasteiger partial charge in [-0.1, -0.05) is 0 Å². The predicted octanol–water partition coefficient (Wildman–Crippen LogP) is -2.80. The summed E-state index contributed by atoms with van der Waals surface area (Å²) in [5.74, 6) is -3.78. The zero-order chi connectivity index (χ0) is 14.9. The predicted molar refractivity (Wildman–Crippen MR) is 49.8 cm³/mol. The van der Waals surface area contributed by atoms with Crippen molar-refractivity contribution in [3.05, 3.63) is 0 Å². The molecule has 19 heavy (non-hydrogen) atoms. The van der Waals surface area contributed by atoms with Crippen LogP contribution in [0.3, 0.4) is 0 Å². The number of rotatable bonds is 6. The quantitative estimate of drug-likeness (QED) is 0.256. The zero-order valence-corrected chi connectivity index (χ0v) is 11.0. The van der Waals surface area contributed by atoms with E-state index in [1.54, 1.807) is 0 Å². The third-order valence-electron chi connectivity index (χ3n) is 1.08. The van der Waals surface area contributed by atoms with E-state index in [1.165, 1.54) is 0 Å². The Balaban J connectivity index is -0.000000366. The summed E-state index contributed by atoms with van der Waals surface area (Å²) in [5.41, 5.74) is 0. The van der Waals surface area contributed by atoms with Gasteiger partial charge in [-0.3, -0.25) is 27.7 Å². The van der Waals surface area contributed by atoms with Crippen LogP contribution in [0.1, 0.15) is 0 Å². The van der Waals surface area contributed by atoms with Crippen LogP contribution in [-0.2, 0) is 41.9 Å². The smallest absolute Gasteiger partial charge is 0.759 e. The van der Waals surface area contributed by atoms with Gasteiger partial charge in [0.2, 0.25) is 0 Å². The summed E-state index contributed by atoms with van der Waals surface area (Å²) in [5, 5.41) is 24.8. The second-order valence-corrected chi connectivity index (χ2v) is 3.55. The number of hydrogen-bond acceptors (Lipinski definition) is 8. The van der Waals surface area contributed by atoms with Crippen LogP contribution in [0.15, 0.2) is 0 Å². The first kappa shape index (κ1) is 22.9. The number of hydrogen-bond donors (Lipinski definition) is 3. The van der Waals surface area contributed by atoms with Gasteiger partial charge in [-0.25, -0.2) is 0 Å². The molecule has 3 N–H and O–H groups in total. The van der Waals surface area contributed by atoms with E-state index in [0.717, 1.165) is 4.90 Å². The van der Waals surface area contributed by atoms with Crippen LogP contribution in [0.5, 0.6) is 0 Å². The van der Waals surface area contributed by atoms with Crippen LogP contribution in [0.25, 0.3) is 0 Å². The topological polar surface area (TPSA) is 195 Å². The summed E-state index contributed by atoms with van der Waals surface area (Å²) < 4.78 is 34.1. The van der Waals surface area contributed by atoms with Gasteiger partial charge in [-0.2, -0.15) is 0 Å². The van der Waals surface area contributed by atoms with E-state index in [9.17, 15) is 14.4 Å². The summed E-state index contributed by atoms with van der Waals surface area (Å²) in [7, 11) is -5.17. The molecular formula is C6H9FeNO10S. The second-order valence-electron chi connectivity index (χ2n) is 2.73. The van der Waals surface area contributed by atoms with Crippen LogP contribution < -0.4 is 0 Å². The van der Waals surface area contributed by atoms with Crippen molar-refractivity contribution < 1.29 is 64.3 Å². The Morgan fingerprint density at radius 1 is 0.842 bits per heavy atom. The van der Waals surface area contributed by atoms with Crippen molar-refractivity contribution in [1.82, 2.24) is 4.90 Å². The van der Waals surface area contributed by atoms with Gasteiger partial charge < -0.3 is 24.4 Å². The third-order valence-corrected chi connectivity index (χ3v) is 1.08. The Kier molecular flexibility index (Phi) is 12.8. The number of carbonyl (C=O) groups is 3. The minimum absolute atomic E-state index is 0. The van der Waals surface area contributed by atoms with Crippen molar-refractivity contribution >= 4 is 28.3 Å². The molecule has 0 amide bonds. The fraction of sp³-hybridized carbons (Fsp3) is 0.500. The number of carboxylic acid groups (broad SMARTS) is 3. The van der Waals surface area contributed by atoms with Gasteiger partial charge >= 0.3 is 35.0 Å². The maximum absolute atomic E-state index is 10.1. The van der Waals surface area contributed by atoms with Gasteiger partial charge in [0.1, 0.15) is 0 Å². The van der Waals surface area contributed by atoms with Crippen LogP contribution in [0, 0.1) is 0 Å². The molecule has 0 aliphatic heterocycles. The summed E-state index contributed by atoms with van der Waals surface area (Å²) in [4.78, 5) is 31.2. The molecule has 0 heterocycles. The number of carboxylic acids is 3. The maximum Gasteiger partial charge on any atom is 2.00 e. The van der Waals surface area contributed by atoms with Crippen LogP contribution in [-0.4, -0.2) is 75.3 Å². The first-order valence-corrected chi connectivity index (χ1v) is 5.29. The fourth-order valence-electron chi connectivity index (χ4n) is 0.742. The Hall–Kier alpha value is -1.24. The van der Waals surface area contributed by atoms with Crippen LogP contribution >= 0.6 is 0 Å². The van der Waals surface area contributed by atoms with Crippen LogP contribution in [0.4, 0.5) is 0 Å². The molecule has 0 bridgehead atoms. The molecule has 0 saturated heterocycles. The van der Waals surface area contributed by atoms with Gasteiger partial charge in [0.15, 0.2) is 0 Å². The van der Waals surface area contributed by atoms with Gasteiger partial charge in [0.05, 0.1) is 19.6 Å². The third kappa shape index (κ3) is 31.5. The Labute approximate surface area is 117 Å². The molecule has 13 heteroatoms. The monoisotopic (exact) mass is 343 g/mol. The van der Waals surface area contributed by atoms with Gasteiger partial charge in [0, 0.05) is 10.4 Å². The molecule has 0 saturated carbocycles. The maximum atomic E-state index is 10.1. The van der Waals surface area contributed by atoms with E-state index in [0.29, 0.717) is 0 Å². The van der Waals surface area contributed by atoms with Crippen molar-refractivity contribution in [3.8, 4) is 0 Å². The van der Waals surface area contributed by atoms with Gasteiger partial charge in [0.25, 0.3) is 0 Å². The summed E-state index contributed by atoms with van der Waals surface area (Å²) >= 11 is 0. The molecule has 0 radical (unpaired) electrons. The Bertz CT molecular complexity index is 360. The minimum Gasteiger partial charge on any atom is -0.759 e. The van der Waals surface area contributed by atoms with E-state index in [4.69, 9.17) is 32.8 Å². The summed E-state index contributed by atoms with van der Waals surface area (Å²) in [6.07, 6.45) is 0. The molecule has 11 nitrogen and oxygen atoms in total. The molecule has 0 aromatic rings. The van der Waals surface area contributed by atoms with Crippen molar-refractivity contribution in [2.45, 2.75) is 0 Å². The first-order valence-electron chi connectivity index (χ1n) is 3.96. The normalized spacial score (nSPS) is 9.84. The van der Waals surface area contributed by atoms with Crippen molar-refractivity contribution in [1.29, 1.82) is 0 Å². The molecule has 0 aliphatic carbocycles. The van der Waals surface area contributed by atoms with Crippen molar-refractivity contribution in [3.63, 3.8) is 0 Å². The first-order chi connectivity index (χ1) is 7.91. The van der Waals surface area contributed by atoms with E-state index in [1.807, 2.05) is 0 Å². The molecule has 112 valence electrons. The summed E-state index contributed by atoms with van der Waals surface area (Å²) in [6, 6.07) is 0. The largest absolute Gasteiger partial charge is 2.00 e. The van der Waals surface area contributed by atoms with Crippen molar-refractivity contribution in [2.75, 3.05) is 19.6 Å². The van der Waals surface area contributed by atoms with E-state index in [2.05, 4.69) is 0 Å². The molecule has 0 rings (SSSR count). The van der Waals surface area contributed by atoms with Crippen LogP contribution in [0.2, 0.25) is 0 Å². The average molecular weight is 343 g/mol. The number of aliphatic carboxylic acids is 3. The van der Waals surface area contributed by atoms with E-state index in [-0.39, 0.29) is 17.1 Å². The Morgan fingerprint density at radius 3 is 1.11 bits per heavy atom. The average Bonchev–Trinajstić information content (AvgIpc) is 1.94. The number of nitrogens with zero attached hydrogens (tertiary/aromatic N) is 1. The minimum atomic E-state index is -5.17. The molecule has 0 unspecified atom stereocenters.